The third-order valence-corrected chi connectivity index (χ3v) is 4.29. The zero-order chi connectivity index (χ0) is 19.2. The standard InChI is InChI=1S/C22H31NO3/c1-16-8-6-10-18(22(2,3)4)20(16)25-14-15-26-21-17(12-13-23)9-7-11-19(21)24-5/h6-11H,12-15,23H2,1-5H3. The third-order valence-electron chi connectivity index (χ3n) is 4.29. The summed E-state index contributed by atoms with van der Waals surface area (Å²) in [4.78, 5) is 0. The van der Waals surface area contributed by atoms with Crippen LogP contribution in [0.25, 0.3) is 0 Å². The second-order valence-electron chi connectivity index (χ2n) is 7.39. The smallest absolute Gasteiger partial charge is 0.164 e. The van der Waals surface area contributed by atoms with Gasteiger partial charge in [-0.2, -0.15) is 0 Å². The van der Waals surface area contributed by atoms with Crippen LogP contribution in [0.1, 0.15) is 37.5 Å². The van der Waals surface area contributed by atoms with Gasteiger partial charge in [-0.05, 0) is 48.1 Å². The Balaban J connectivity index is 2.07. The molecule has 0 fully saturated rings. The van der Waals surface area contributed by atoms with Crippen LogP contribution in [0.2, 0.25) is 0 Å². The van der Waals surface area contributed by atoms with Crippen LogP contribution in [-0.4, -0.2) is 26.9 Å². The Hall–Kier alpha value is -2.20. The first-order chi connectivity index (χ1) is 12.4. The van der Waals surface area contributed by atoms with Gasteiger partial charge >= 0.3 is 0 Å². The largest absolute Gasteiger partial charge is 0.493 e. The van der Waals surface area contributed by atoms with Crippen LogP contribution >= 0.6 is 0 Å². The highest BCUT2D eigenvalue weighted by atomic mass is 16.5. The molecule has 0 aliphatic rings. The number of para-hydroxylation sites is 2. The van der Waals surface area contributed by atoms with Gasteiger partial charge in [0, 0.05) is 0 Å². The molecule has 0 bridgehead atoms. The molecule has 0 atom stereocenters. The van der Waals surface area contributed by atoms with Gasteiger partial charge in [-0.1, -0.05) is 51.1 Å². The molecule has 26 heavy (non-hydrogen) atoms. The number of ether oxygens (including phenoxy) is 3. The molecule has 2 aromatic carbocycles. The molecule has 0 aliphatic heterocycles. The Kier molecular flexibility index (Phi) is 6.92. The van der Waals surface area contributed by atoms with Gasteiger partial charge < -0.3 is 19.9 Å². The lowest BCUT2D eigenvalue weighted by molar-refractivity contribution is 0.206. The Labute approximate surface area is 157 Å². The van der Waals surface area contributed by atoms with Crippen LogP contribution < -0.4 is 19.9 Å². The molecule has 0 heterocycles. The maximum absolute atomic E-state index is 6.10. The Morgan fingerprint density at radius 3 is 2.19 bits per heavy atom. The summed E-state index contributed by atoms with van der Waals surface area (Å²) < 4.78 is 17.5. The zero-order valence-corrected chi connectivity index (χ0v) is 16.6. The lowest BCUT2D eigenvalue weighted by atomic mass is 9.85. The molecule has 0 aliphatic carbocycles. The molecule has 0 aromatic heterocycles. The van der Waals surface area contributed by atoms with E-state index in [0.29, 0.717) is 19.8 Å². The molecule has 4 nitrogen and oxygen atoms in total. The van der Waals surface area contributed by atoms with E-state index < -0.39 is 0 Å². The maximum Gasteiger partial charge on any atom is 0.164 e. The summed E-state index contributed by atoms with van der Waals surface area (Å²) in [5, 5.41) is 0. The van der Waals surface area contributed by atoms with E-state index in [4.69, 9.17) is 19.9 Å². The van der Waals surface area contributed by atoms with Gasteiger partial charge in [0.25, 0.3) is 0 Å². The Morgan fingerprint density at radius 1 is 0.923 bits per heavy atom. The first-order valence-corrected chi connectivity index (χ1v) is 9.10. The van der Waals surface area contributed by atoms with Gasteiger partial charge in [-0.3, -0.25) is 0 Å². The predicted octanol–water partition coefficient (Wildman–Crippen LogP) is 4.26. The molecule has 0 radical (unpaired) electrons. The maximum atomic E-state index is 6.10. The van der Waals surface area contributed by atoms with Gasteiger partial charge in [0.05, 0.1) is 7.11 Å². The summed E-state index contributed by atoms with van der Waals surface area (Å²) in [6.07, 6.45) is 0.749. The highest BCUT2D eigenvalue weighted by Gasteiger charge is 2.20. The zero-order valence-electron chi connectivity index (χ0n) is 16.6. The van der Waals surface area contributed by atoms with Gasteiger partial charge in [0.1, 0.15) is 19.0 Å². The quantitative estimate of drug-likeness (QED) is 0.717. The molecule has 0 saturated heterocycles. The van der Waals surface area contributed by atoms with Gasteiger partial charge in [-0.15, -0.1) is 0 Å². The van der Waals surface area contributed by atoms with Crippen LogP contribution in [0.3, 0.4) is 0 Å². The van der Waals surface area contributed by atoms with Gasteiger partial charge in [0.15, 0.2) is 11.5 Å². The summed E-state index contributed by atoms with van der Waals surface area (Å²) in [5.41, 5.74) is 9.13. The van der Waals surface area contributed by atoms with Crippen LogP contribution in [0.15, 0.2) is 36.4 Å². The molecule has 0 amide bonds. The summed E-state index contributed by atoms with van der Waals surface area (Å²) >= 11 is 0. The molecule has 4 heteroatoms. The van der Waals surface area contributed by atoms with Crippen molar-refractivity contribution in [1.82, 2.24) is 0 Å². The van der Waals surface area contributed by atoms with E-state index in [1.807, 2.05) is 18.2 Å². The molecule has 2 aromatic rings. The minimum atomic E-state index is 0.0269. The number of hydrogen-bond acceptors (Lipinski definition) is 4. The first kappa shape index (κ1) is 20.1. The molecule has 0 unspecified atom stereocenters. The molecule has 2 rings (SSSR count). The fourth-order valence-electron chi connectivity index (χ4n) is 2.96. The molecular weight excluding hydrogens is 326 g/mol. The predicted molar refractivity (Wildman–Crippen MR) is 107 cm³/mol. The van der Waals surface area contributed by atoms with E-state index >= 15 is 0 Å². The summed E-state index contributed by atoms with van der Waals surface area (Å²) in [6, 6.07) is 12.1. The Bertz CT molecular complexity index is 720. The van der Waals surface area contributed by atoms with Crippen LogP contribution in [-0.2, 0) is 11.8 Å². The van der Waals surface area contributed by atoms with Crippen LogP contribution in [0.5, 0.6) is 17.2 Å². The van der Waals surface area contributed by atoms with Crippen molar-refractivity contribution < 1.29 is 14.2 Å². The summed E-state index contributed by atoms with van der Waals surface area (Å²) in [5.74, 6) is 2.43. The molecule has 142 valence electrons. The lowest BCUT2D eigenvalue weighted by Gasteiger charge is -2.24. The second kappa shape index (κ2) is 8.95. The van der Waals surface area contributed by atoms with Crippen molar-refractivity contribution >= 4 is 0 Å². The topological polar surface area (TPSA) is 53.7 Å². The van der Waals surface area contributed by atoms with Crippen LogP contribution in [0.4, 0.5) is 0 Å². The minimum absolute atomic E-state index is 0.0269. The molecule has 0 saturated carbocycles. The highest BCUT2D eigenvalue weighted by molar-refractivity contribution is 5.47. The van der Waals surface area contributed by atoms with E-state index in [-0.39, 0.29) is 5.41 Å². The normalized spacial score (nSPS) is 11.3. The van der Waals surface area contributed by atoms with Gasteiger partial charge in [0.2, 0.25) is 0 Å². The number of hydrogen-bond donors (Lipinski definition) is 1. The molecule has 0 spiro atoms. The van der Waals surface area contributed by atoms with Crippen LogP contribution in [0, 0.1) is 6.92 Å². The molecule has 2 N–H and O–H groups in total. The van der Waals surface area contributed by atoms with Crippen molar-refractivity contribution in [3.8, 4) is 17.2 Å². The van der Waals surface area contributed by atoms with Gasteiger partial charge in [-0.25, -0.2) is 0 Å². The lowest BCUT2D eigenvalue weighted by Crippen LogP contribution is -2.17. The monoisotopic (exact) mass is 357 g/mol. The number of rotatable bonds is 8. The number of aryl methyl sites for hydroxylation is 1. The SMILES string of the molecule is COc1cccc(CCN)c1OCCOc1c(C)cccc1C(C)(C)C. The Morgan fingerprint density at radius 2 is 1.58 bits per heavy atom. The first-order valence-electron chi connectivity index (χ1n) is 9.10. The summed E-state index contributed by atoms with van der Waals surface area (Å²) in [7, 11) is 1.65. The number of methoxy groups -OCH3 is 1. The minimum Gasteiger partial charge on any atom is -0.493 e. The van der Waals surface area contributed by atoms with Crippen molar-refractivity contribution in [3.63, 3.8) is 0 Å². The third kappa shape index (κ3) is 4.92. The van der Waals surface area contributed by atoms with Crippen molar-refractivity contribution in [2.24, 2.45) is 5.73 Å². The number of benzene rings is 2. The van der Waals surface area contributed by atoms with Crippen molar-refractivity contribution in [3.05, 3.63) is 53.1 Å². The van der Waals surface area contributed by atoms with E-state index in [1.165, 1.54) is 5.56 Å². The number of nitrogens with two attached hydrogens (primary N) is 1. The average Bonchev–Trinajstić information content (AvgIpc) is 2.59. The van der Waals surface area contributed by atoms with E-state index in [1.54, 1.807) is 7.11 Å². The average molecular weight is 357 g/mol. The molecular formula is C22H31NO3. The summed E-state index contributed by atoms with van der Waals surface area (Å²) in [6.45, 7) is 10.1. The van der Waals surface area contributed by atoms with E-state index in [9.17, 15) is 0 Å². The fraction of sp³-hybridized carbons (Fsp3) is 0.455. The highest BCUT2D eigenvalue weighted by Crippen LogP contribution is 2.34. The van der Waals surface area contributed by atoms with Crippen molar-refractivity contribution in [1.29, 1.82) is 0 Å². The fourth-order valence-corrected chi connectivity index (χ4v) is 2.96. The second-order valence-corrected chi connectivity index (χ2v) is 7.39. The van der Waals surface area contributed by atoms with Crippen molar-refractivity contribution in [2.75, 3.05) is 26.9 Å². The van der Waals surface area contributed by atoms with E-state index in [2.05, 4.69) is 45.9 Å². The van der Waals surface area contributed by atoms with Crippen molar-refractivity contribution in [2.45, 2.75) is 39.5 Å². The van der Waals surface area contributed by atoms with E-state index in [0.717, 1.165) is 34.8 Å².